The van der Waals surface area contributed by atoms with Crippen LogP contribution in [0.15, 0.2) is 43.1 Å². The number of hydrogen-bond donors (Lipinski definition) is 1. The molecule has 0 aliphatic carbocycles. The largest absolute Gasteiger partial charge is 0.337 e. The molecule has 2 amide bonds. The van der Waals surface area contributed by atoms with Gasteiger partial charge in [0.2, 0.25) is 5.82 Å². The fourth-order valence-corrected chi connectivity index (χ4v) is 3.14. The lowest BCUT2D eigenvalue weighted by molar-refractivity contribution is -0.120. The number of nitrogens with one attached hydrogen (secondary N) is 1. The minimum atomic E-state index is -0.698. The average Bonchev–Trinajstić information content (AvgIpc) is 3.33. The molecule has 1 aliphatic heterocycles. The number of fused-ring (bicyclic) bond motifs is 1. The van der Waals surface area contributed by atoms with Crippen molar-refractivity contribution in [3.05, 3.63) is 60.3 Å². The van der Waals surface area contributed by atoms with Crippen LogP contribution in [-0.4, -0.2) is 49.2 Å². The molecule has 28 heavy (non-hydrogen) atoms. The number of rotatable bonds is 4. The summed E-state index contributed by atoms with van der Waals surface area (Å²) in [5, 5.41) is 6.79. The molecule has 1 aromatic carbocycles. The van der Waals surface area contributed by atoms with Gasteiger partial charge in [-0.05, 0) is 12.5 Å². The molecule has 1 unspecified atom stereocenters. The van der Waals surface area contributed by atoms with Gasteiger partial charge in [0.1, 0.15) is 24.0 Å². The number of amides is 2. The fourth-order valence-electron chi connectivity index (χ4n) is 3.14. The zero-order valence-electron chi connectivity index (χ0n) is 15.1. The van der Waals surface area contributed by atoms with Crippen molar-refractivity contribution in [1.29, 1.82) is 0 Å². The standard InChI is InChI=1S/C18H18FN7O2/c1-24-15-8-20-10-25(15)7-6-14(18(24)28)22-17(27)16-21-11-26(23-16)9-12-4-2-3-5-13(12)19/h2-5,8,10-11,14H,6-7,9H2,1H3,(H,22,27). The highest BCUT2D eigenvalue weighted by Gasteiger charge is 2.30. The summed E-state index contributed by atoms with van der Waals surface area (Å²) in [6.45, 7) is 0.700. The normalized spacial score (nSPS) is 16.6. The van der Waals surface area contributed by atoms with Crippen LogP contribution in [0.25, 0.3) is 0 Å². The number of halogens is 1. The summed E-state index contributed by atoms with van der Waals surface area (Å²) in [6.07, 6.45) is 5.04. The molecule has 10 heteroatoms. The number of carbonyl (C=O) groups is 2. The molecule has 144 valence electrons. The second-order valence-corrected chi connectivity index (χ2v) is 6.51. The lowest BCUT2D eigenvalue weighted by Crippen LogP contribution is -2.47. The number of aromatic nitrogens is 5. The number of hydrogen-bond acceptors (Lipinski definition) is 5. The van der Waals surface area contributed by atoms with Gasteiger partial charge < -0.3 is 9.88 Å². The van der Waals surface area contributed by atoms with Gasteiger partial charge in [-0.15, -0.1) is 5.10 Å². The zero-order valence-corrected chi connectivity index (χ0v) is 15.1. The van der Waals surface area contributed by atoms with Crippen LogP contribution in [0.1, 0.15) is 22.6 Å². The van der Waals surface area contributed by atoms with Crippen molar-refractivity contribution < 1.29 is 14.0 Å². The van der Waals surface area contributed by atoms with Gasteiger partial charge in [0.25, 0.3) is 11.8 Å². The van der Waals surface area contributed by atoms with Crippen LogP contribution in [-0.2, 0) is 17.9 Å². The molecule has 0 saturated carbocycles. The number of carbonyl (C=O) groups excluding carboxylic acids is 2. The number of likely N-dealkylation sites (N-methyl/N-ethyl adjacent to an activating group) is 1. The SMILES string of the molecule is CN1C(=O)C(NC(=O)c2ncn(Cc3ccccc3F)n2)CCn2cncc21. The summed E-state index contributed by atoms with van der Waals surface area (Å²) in [7, 11) is 1.64. The van der Waals surface area contributed by atoms with Crippen LogP contribution in [0.4, 0.5) is 10.2 Å². The first-order valence-electron chi connectivity index (χ1n) is 8.74. The first-order valence-corrected chi connectivity index (χ1v) is 8.74. The Morgan fingerprint density at radius 1 is 1.32 bits per heavy atom. The molecule has 1 N–H and O–H groups in total. The van der Waals surface area contributed by atoms with E-state index in [9.17, 15) is 14.0 Å². The van der Waals surface area contributed by atoms with E-state index in [4.69, 9.17) is 0 Å². The molecule has 0 spiro atoms. The minimum absolute atomic E-state index is 0.0719. The molecule has 1 atom stereocenters. The van der Waals surface area contributed by atoms with E-state index in [0.717, 1.165) is 0 Å². The Labute approximate surface area is 159 Å². The molecule has 0 bridgehead atoms. The molecular weight excluding hydrogens is 365 g/mol. The van der Waals surface area contributed by atoms with E-state index in [0.29, 0.717) is 24.3 Å². The van der Waals surface area contributed by atoms with Crippen molar-refractivity contribution in [2.24, 2.45) is 0 Å². The monoisotopic (exact) mass is 383 g/mol. The highest BCUT2D eigenvalue weighted by molar-refractivity contribution is 6.00. The summed E-state index contributed by atoms with van der Waals surface area (Å²) in [6, 6.07) is 5.63. The molecule has 0 fully saturated rings. The van der Waals surface area contributed by atoms with Crippen LogP contribution >= 0.6 is 0 Å². The molecule has 0 radical (unpaired) electrons. The van der Waals surface area contributed by atoms with Crippen molar-refractivity contribution >= 4 is 17.6 Å². The summed E-state index contributed by atoms with van der Waals surface area (Å²) < 4.78 is 17.0. The van der Waals surface area contributed by atoms with Crippen molar-refractivity contribution in [2.45, 2.75) is 25.6 Å². The van der Waals surface area contributed by atoms with E-state index in [-0.39, 0.29) is 24.1 Å². The summed E-state index contributed by atoms with van der Waals surface area (Å²) in [4.78, 5) is 34.6. The molecule has 0 saturated heterocycles. The second kappa shape index (κ2) is 7.22. The number of nitrogens with zero attached hydrogens (tertiary/aromatic N) is 6. The smallest absolute Gasteiger partial charge is 0.291 e. The lowest BCUT2D eigenvalue weighted by atomic mass is 10.2. The Hall–Kier alpha value is -3.56. The van der Waals surface area contributed by atoms with Gasteiger partial charge in [-0.25, -0.2) is 19.0 Å². The molecule has 3 aromatic rings. The fraction of sp³-hybridized carbons (Fsp3) is 0.278. The third-order valence-electron chi connectivity index (χ3n) is 4.66. The quantitative estimate of drug-likeness (QED) is 0.720. The van der Waals surface area contributed by atoms with Crippen LogP contribution < -0.4 is 10.2 Å². The Balaban J connectivity index is 1.44. The predicted molar refractivity (Wildman–Crippen MR) is 97.0 cm³/mol. The van der Waals surface area contributed by atoms with Gasteiger partial charge in [-0.2, -0.15) is 0 Å². The van der Waals surface area contributed by atoms with Crippen LogP contribution in [0, 0.1) is 5.82 Å². The maximum absolute atomic E-state index is 13.8. The maximum Gasteiger partial charge on any atom is 0.291 e. The Bertz CT molecular complexity index is 1030. The highest BCUT2D eigenvalue weighted by atomic mass is 19.1. The molecule has 4 rings (SSSR count). The third kappa shape index (κ3) is 3.36. The van der Waals surface area contributed by atoms with E-state index in [1.807, 2.05) is 4.57 Å². The minimum Gasteiger partial charge on any atom is -0.337 e. The molecule has 2 aromatic heterocycles. The Kier molecular flexibility index (Phi) is 4.60. The van der Waals surface area contributed by atoms with Gasteiger partial charge in [0.15, 0.2) is 0 Å². The van der Waals surface area contributed by atoms with Gasteiger partial charge in [-0.1, -0.05) is 18.2 Å². The summed E-state index contributed by atoms with van der Waals surface area (Å²) in [5.74, 6) is -0.539. The Morgan fingerprint density at radius 2 is 2.14 bits per heavy atom. The van der Waals surface area contributed by atoms with Crippen molar-refractivity contribution in [1.82, 2.24) is 29.6 Å². The maximum atomic E-state index is 13.8. The zero-order chi connectivity index (χ0) is 19.7. The van der Waals surface area contributed by atoms with Crippen molar-refractivity contribution in [3.63, 3.8) is 0 Å². The van der Waals surface area contributed by atoms with Crippen LogP contribution in [0.5, 0.6) is 0 Å². The number of imidazole rings is 1. The first kappa shape index (κ1) is 17.8. The van der Waals surface area contributed by atoms with Crippen molar-refractivity contribution in [3.8, 4) is 0 Å². The topological polar surface area (TPSA) is 97.9 Å². The molecule has 3 heterocycles. The number of anilines is 1. The van der Waals surface area contributed by atoms with Crippen LogP contribution in [0.3, 0.4) is 0 Å². The second-order valence-electron chi connectivity index (χ2n) is 6.51. The van der Waals surface area contributed by atoms with Crippen LogP contribution in [0.2, 0.25) is 0 Å². The molecular formula is C18H18FN7O2. The Morgan fingerprint density at radius 3 is 2.96 bits per heavy atom. The summed E-state index contributed by atoms with van der Waals surface area (Å²) in [5.41, 5.74) is 0.440. The predicted octanol–water partition coefficient (Wildman–Crippen LogP) is 0.827. The van der Waals surface area contributed by atoms with E-state index in [2.05, 4.69) is 20.4 Å². The number of benzene rings is 1. The van der Waals surface area contributed by atoms with E-state index < -0.39 is 11.9 Å². The molecule has 9 nitrogen and oxygen atoms in total. The third-order valence-corrected chi connectivity index (χ3v) is 4.66. The lowest BCUT2D eigenvalue weighted by Gasteiger charge is -2.19. The van der Waals surface area contributed by atoms with Crippen molar-refractivity contribution in [2.75, 3.05) is 11.9 Å². The van der Waals surface area contributed by atoms with Gasteiger partial charge in [0, 0.05) is 19.2 Å². The first-order chi connectivity index (χ1) is 13.5. The number of aryl methyl sites for hydroxylation is 1. The molecule has 1 aliphatic rings. The average molecular weight is 383 g/mol. The van der Waals surface area contributed by atoms with Gasteiger partial charge in [-0.3, -0.25) is 14.5 Å². The summed E-state index contributed by atoms with van der Waals surface area (Å²) >= 11 is 0. The highest BCUT2D eigenvalue weighted by Crippen LogP contribution is 2.19. The van der Waals surface area contributed by atoms with E-state index in [1.165, 1.54) is 22.0 Å². The van der Waals surface area contributed by atoms with Gasteiger partial charge in [0.05, 0.1) is 19.1 Å². The van der Waals surface area contributed by atoms with E-state index >= 15 is 0 Å². The van der Waals surface area contributed by atoms with Gasteiger partial charge >= 0.3 is 0 Å². The van der Waals surface area contributed by atoms with E-state index in [1.54, 1.807) is 37.8 Å².